The van der Waals surface area contributed by atoms with E-state index in [0.717, 1.165) is 13.1 Å². The van der Waals surface area contributed by atoms with E-state index in [1.165, 1.54) is 53.8 Å². The maximum Gasteiger partial charge on any atom is 0.0366 e. The third-order valence-corrected chi connectivity index (χ3v) is 5.53. The Bertz CT molecular complexity index is 878. The van der Waals surface area contributed by atoms with Gasteiger partial charge in [-0.3, -0.25) is 0 Å². The monoisotopic (exact) mass is 428 g/mol. The molecule has 0 radical (unpaired) electrons. The zero-order chi connectivity index (χ0) is 23.2. The molecular weight excluding hydrogens is 388 g/mol. The van der Waals surface area contributed by atoms with Crippen LogP contribution in [0.1, 0.15) is 50.7 Å². The molecule has 0 atom stereocenters. The highest BCUT2D eigenvalue weighted by molar-refractivity contribution is 5.81. The van der Waals surface area contributed by atoms with E-state index < -0.39 is 0 Å². The average molecular weight is 429 g/mol. The van der Waals surface area contributed by atoms with E-state index in [4.69, 9.17) is 0 Å². The Morgan fingerprint density at radius 3 is 1.94 bits per heavy atom. The number of hydrogen-bond donors (Lipinski definition) is 0. The predicted octanol–water partition coefficient (Wildman–Crippen LogP) is 7.71. The molecule has 170 valence electrons. The van der Waals surface area contributed by atoms with Gasteiger partial charge < -0.3 is 9.80 Å². The molecule has 0 N–H and O–H groups in total. The zero-order valence-corrected chi connectivity index (χ0v) is 20.4. The summed E-state index contributed by atoms with van der Waals surface area (Å²) in [5, 5.41) is 0. The number of nitrogens with zero attached hydrogens (tertiary/aromatic N) is 2. The zero-order valence-electron chi connectivity index (χ0n) is 20.4. The summed E-state index contributed by atoms with van der Waals surface area (Å²) in [6.45, 7) is 10.5. The molecule has 2 heteroatoms. The van der Waals surface area contributed by atoms with Crippen LogP contribution >= 0.6 is 0 Å². The summed E-state index contributed by atoms with van der Waals surface area (Å²) >= 11 is 0. The van der Waals surface area contributed by atoms with Gasteiger partial charge in [0.2, 0.25) is 0 Å². The van der Waals surface area contributed by atoms with Crippen LogP contribution < -0.4 is 4.90 Å². The van der Waals surface area contributed by atoms with E-state index in [1.54, 1.807) is 0 Å². The average Bonchev–Trinajstić information content (AvgIpc) is 2.82. The molecule has 0 spiro atoms. The summed E-state index contributed by atoms with van der Waals surface area (Å²) in [6.07, 6.45) is 15.4. The van der Waals surface area contributed by atoms with Gasteiger partial charge in [-0.1, -0.05) is 94.0 Å². The predicted molar refractivity (Wildman–Crippen MR) is 143 cm³/mol. The maximum atomic E-state index is 3.88. The fourth-order valence-corrected chi connectivity index (χ4v) is 3.59. The van der Waals surface area contributed by atoms with Crippen LogP contribution in [0, 0.1) is 0 Å². The topological polar surface area (TPSA) is 6.48 Å². The fourth-order valence-electron chi connectivity index (χ4n) is 3.59. The van der Waals surface area contributed by atoms with Crippen molar-refractivity contribution in [3.8, 4) is 0 Å². The van der Waals surface area contributed by atoms with Gasteiger partial charge in [0.05, 0.1) is 0 Å². The molecular formula is C30H40N2. The molecule has 0 heterocycles. The van der Waals surface area contributed by atoms with E-state index in [0.29, 0.717) is 0 Å². The summed E-state index contributed by atoms with van der Waals surface area (Å²) in [4.78, 5) is 4.65. The van der Waals surface area contributed by atoms with Gasteiger partial charge in [0.25, 0.3) is 0 Å². The van der Waals surface area contributed by atoms with Crippen molar-refractivity contribution < 1.29 is 0 Å². The van der Waals surface area contributed by atoms with Crippen molar-refractivity contribution in [2.75, 3.05) is 32.1 Å². The van der Waals surface area contributed by atoms with Crippen molar-refractivity contribution in [2.45, 2.75) is 39.5 Å². The number of allylic oxidation sites excluding steroid dienone is 5. The second-order valence-corrected chi connectivity index (χ2v) is 8.27. The quantitative estimate of drug-likeness (QED) is 0.301. The van der Waals surface area contributed by atoms with Gasteiger partial charge in [-0.25, -0.2) is 0 Å². The lowest BCUT2D eigenvalue weighted by molar-refractivity contribution is 0.340. The summed E-state index contributed by atoms with van der Waals surface area (Å²) < 4.78 is 0. The molecule has 0 amide bonds. The summed E-state index contributed by atoms with van der Waals surface area (Å²) in [7, 11) is 4.15. The Balaban J connectivity index is 2.52. The third kappa shape index (κ3) is 7.92. The van der Waals surface area contributed by atoms with Gasteiger partial charge in [0, 0.05) is 38.6 Å². The molecule has 0 bridgehead atoms. The van der Waals surface area contributed by atoms with Crippen molar-refractivity contribution in [1.82, 2.24) is 4.90 Å². The molecule has 2 rings (SSSR count). The minimum Gasteiger partial charge on any atom is -0.378 e. The van der Waals surface area contributed by atoms with Crippen molar-refractivity contribution in [1.29, 1.82) is 0 Å². The van der Waals surface area contributed by atoms with E-state index in [1.807, 2.05) is 12.2 Å². The van der Waals surface area contributed by atoms with Crippen LogP contribution in [0.4, 0.5) is 5.69 Å². The molecule has 32 heavy (non-hydrogen) atoms. The first kappa shape index (κ1) is 25.3. The van der Waals surface area contributed by atoms with Crippen molar-refractivity contribution >= 4 is 11.3 Å². The molecule has 2 nitrogen and oxygen atoms in total. The number of hydrogen-bond acceptors (Lipinski definition) is 2. The second-order valence-electron chi connectivity index (χ2n) is 8.27. The first-order valence-corrected chi connectivity index (χ1v) is 11.9. The molecule has 0 aliphatic rings. The van der Waals surface area contributed by atoms with Crippen LogP contribution in [0.5, 0.6) is 0 Å². The number of rotatable bonds is 13. The Morgan fingerprint density at radius 2 is 1.41 bits per heavy atom. The molecule has 0 aliphatic carbocycles. The second kappa shape index (κ2) is 14.1. The summed E-state index contributed by atoms with van der Waals surface area (Å²) in [5.74, 6) is 0. The highest BCUT2D eigenvalue weighted by Gasteiger charge is 2.08. The maximum absolute atomic E-state index is 3.88. The summed E-state index contributed by atoms with van der Waals surface area (Å²) in [5.41, 5.74) is 6.12. The fraction of sp³-hybridized carbons (Fsp3) is 0.333. The Morgan fingerprint density at radius 1 is 0.812 bits per heavy atom. The Labute approximate surface area is 196 Å². The molecule has 2 aromatic rings. The van der Waals surface area contributed by atoms with E-state index in [2.05, 4.69) is 117 Å². The molecule has 2 aromatic carbocycles. The van der Waals surface area contributed by atoms with E-state index in [-0.39, 0.29) is 0 Å². The first-order chi connectivity index (χ1) is 15.6. The lowest BCUT2D eigenvalue weighted by Crippen LogP contribution is -2.24. The first-order valence-electron chi connectivity index (χ1n) is 11.9. The molecule has 0 saturated heterocycles. The largest absolute Gasteiger partial charge is 0.378 e. The van der Waals surface area contributed by atoms with Crippen LogP contribution in [0.3, 0.4) is 0 Å². The van der Waals surface area contributed by atoms with Crippen molar-refractivity contribution in [3.63, 3.8) is 0 Å². The SMILES string of the molecule is C=CC=CC(=CC=C(c1ccccc1)c1ccc(N(C)C)cc1)N(CCCC)CCCC. The van der Waals surface area contributed by atoms with Gasteiger partial charge in [-0.2, -0.15) is 0 Å². The van der Waals surface area contributed by atoms with Crippen LogP contribution in [0.15, 0.2) is 97.3 Å². The van der Waals surface area contributed by atoms with Crippen LogP contribution in [0.2, 0.25) is 0 Å². The van der Waals surface area contributed by atoms with Gasteiger partial charge >= 0.3 is 0 Å². The van der Waals surface area contributed by atoms with E-state index in [9.17, 15) is 0 Å². The summed E-state index contributed by atoms with van der Waals surface area (Å²) in [6, 6.07) is 19.5. The minimum absolute atomic E-state index is 1.08. The number of unbranched alkanes of at least 4 members (excludes halogenated alkanes) is 2. The van der Waals surface area contributed by atoms with Crippen LogP contribution in [-0.4, -0.2) is 32.1 Å². The van der Waals surface area contributed by atoms with Crippen molar-refractivity contribution in [3.05, 3.63) is 108 Å². The van der Waals surface area contributed by atoms with Gasteiger partial charge in [0.15, 0.2) is 0 Å². The minimum atomic E-state index is 1.08. The number of anilines is 1. The normalized spacial score (nSPS) is 12.2. The molecule has 0 aliphatic heterocycles. The van der Waals surface area contributed by atoms with Gasteiger partial charge in [-0.15, -0.1) is 0 Å². The van der Waals surface area contributed by atoms with E-state index >= 15 is 0 Å². The highest BCUT2D eigenvalue weighted by atomic mass is 15.1. The Kier molecular flexibility index (Phi) is 11.2. The lowest BCUT2D eigenvalue weighted by Gasteiger charge is -2.25. The van der Waals surface area contributed by atoms with Crippen LogP contribution in [0.25, 0.3) is 5.57 Å². The third-order valence-electron chi connectivity index (χ3n) is 5.53. The van der Waals surface area contributed by atoms with Crippen LogP contribution in [-0.2, 0) is 0 Å². The van der Waals surface area contributed by atoms with Gasteiger partial charge in [-0.05, 0) is 53.8 Å². The Hall–Kier alpha value is -3.00. The standard InChI is InChI=1S/C30H40N2/c1-6-9-17-29(32(24-10-7-2)25-11-8-3)22-23-30(26-15-13-12-14-16-26)27-18-20-28(21-19-27)31(4)5/h6,9,12-23H,1,7-8,10-11,24-25H2,2-5H3. The number of benzene rings is 2. The lowest BCUT2D eigenvalue weighted by atomic mass is 9.97. The smallest absolute Gasteiger partial charge is 0.0366 e. The van der Waals surface area contributed by atoms with Crippen molar-refractivity contribution in [2.24, 2.45) is 0 Å². The molecule has 0 saturated carbocycles. The molecule has 0 aromatic heterocycles. The van der Waals surface area contributed by atoms with Gasteiger partial charge in [0.1, 0.15) is 0 Å². The highest BCUT2D eigenvalue weighted by Crippen LogP contribution is 2.26. The molecule has 0 fully saturated rings. The molecule has 0 unspecified atom stereocenters.